The number of carbonyl (C=O) groups excluding carboxylic acids is 1. The molecule has 124 valence electrons. The van der Waals surface area contributed by atoms with E-state index in [-0.39, 0.29) is 5.69 Å². The van der Waals surface area contributed by atoms with Crippen molar-refractivity contribution in [1.82, 2.24) is 14.6 Å². The van der Waals surface area contributed by atoms with Crippen LogP contribution < -0.4 is 5.32 Å². The van der Waals surface area contributed by atoms with Gasteiger partial charge in [-0.05, 0) is 6.42 Å². The number of nitrogens with one attached hydrogen (secondary N) is 1. The van der Waals surface area contributed by atoms with Crippen molar-refractivity contribution in [3.63, 3.8) is 0 Å². The van der Waals surface area contributed by atoms with Crippen LogP contribution in [0.5, 0.6) is 0 Å². The number of carbonyl (C=O) groups is 1. The summed E-state index contributed by atoms with van der Waals surface area (Å²) in [4.78, 5) is 16.0. The number of fused-ring (bicyclic) bond motifs is 1. The van der Waals surface area contributed by atoms with Gasteiger partial charge in [0.15, 0.2) is 17.3 Å². The molecule has 0 bridgehead atoms. The zero-order valence-electron chi connectivity index (χ0n) is 13.2. The maximum absolute atomic E-state index is 14.1. The predicted octanol–water partition coefficient (Wildman–Crippen LogP) is 3.88. The van der Waals surface area contributed by atoms with E-state index in [0.717, 1.165) is 18.4 Å². The van der Waals surface area contributed by atoms with E-state index in [1.165, 1.54) is 16.8 Å². The Labute approximate surface area is 138 Å². The van der Waals surface area contributed by atoms with Crippen molar-refractivity contribution < 1.29 is 13.9 Å². The number of rotatable bonds is 5. The normalized spacial score (nSPS) is 10.8. The largest absolute Gasteiger partial charge is 0.449 e. The summed E-state index contributed by atoms with van der Waals surface area (Å²) < 4.78 is 20.4. The number of hydrogen-bond donors (Lipinski definition) is 1. The van der Waals surface area contributed by atoms with Gasteiger partial charge < -0.3 is 4.74 Å². The van der Waals surface area contributed by atoms with Crippen molar-refractivity contribution in [2.45, 2.75) is 19.8 Å². The molecule has 0 saturated heterocycles. The first-order valence-electron chi connectivity index (χ1n) is 7.72. The third kappa shape index (κ3) is 3.51. The Morgan fingerprint density at radius 2 is 2.12 bits per heavy atom. The van der Waals surface area contributed by atoms with E-state index in [4.69, 9.17) is 4.74 Å². The van der Waals surface area contributed by atoms with Gasteiger partial charge >= 0.3 is 6.09 Å². The Bertz CT molecular complexity index is 848. The second-order valence-electron chi connectivity index (χ2n) is 5.25. The molecular formula is C17H17FN4O2. The van der Waals surface area contributed by atoms with Crippen LogP contribution in [0.15, 0.2) is 42.6 Å². The van der Waals surface area contributed by atoms with Crippen molar-refractivity contribution in [1.29, 1.82) is 0 Å². The standard InChI is InChI=1S/C17H17FN4O2/c1-2-3-9-24-17(23)19-14-10-15-20-16(12-7-5-4-6-8-12)21-22(15)11-13(14)18/h4-8,10-11H,2-3,9H2,1H3,(H,19,23). The molecule has 0 aliphatic heterocycles. The molecule has 24 heavy (non-hydrogen) atoms. The van der Waals surface area contributed by atoms with Crippen LogP contribution in [0, 0.1) is 5.82 Å². The molecule has 0 aliphatic carbocycles. The van der Waals surface area contributed by atoms with E-state index >= 15 is 0 Å². The van der Waals surface area contributed by atoms with E-state index in [0.29, 0.717) is 18.1 Å². The lowest BCUT2D eigenvalue weighted by Crippen LogP contribution is -2.15. The zero-order valence-corrected chi connectivity index (χ0v) is 13.2. The van der Waals surface area contributed by atoms with E-state index in [1.807, 2.05) is 37.3 Å². The van der Waals surface area contributed by atoms with Gasteiger partial charge in [0, 0.05) is 11.6 Å². The van der Waals surface area contributed by atoms with E-state index < -0.39 is 11.9 Å². The summed E-state index contributed by atoms with van der Waals surface area (Å²) in [5.41, 5.74) is 1.27. The first-order chi connectivity index (χ1) is 11.7. The number of benzene rings is 1. The number of nitrogens with zero attached hydrogens (tertiary/aromatic N) is 3. The number of anilines is 1. The molecule has 0 radical (unpaired) electrons. The van der Waals surface area contributed by atoms with Crippen molar-refractivity contribution in [2.24, 2.45) is 0 Å². The molecule has 0 unspecified atom stereocenters. The van der Waals surface area contributed by atoms with Gasteiger partial charge in [0.2, 0.25) is 0 Å². The molecular weight excluding hydrogens is 311 g/mol. The molecule has 3 aromatic rings. The molecule has 1 aromatic carbocycles. The number of amides is 1. The maximum Gasteiger partial charge on any atom is 0.411 e. The molecule has 2 aromatic heterocycles. The van der Waals surface area contributed by atoms with Gasteiger partial charge in [-0.15, -0.1) is 5.10 Å². The van der Waals surface area contributed by atoms with Crippen molar-refractivity contribution in [3.05, 3.63) is 48.4 Å². The van der Waals surface area contributed by atoms with E-state index in [9.17, 15) is 9.18 Å². The zero-order chi connectivity index (χ0) is 16.9. The minimum Gasteiger partial charge on any atom is -0.449 e. The van der Waals surface area contributed by atoms with Crippen LogP contribution in [0.1, 0.15) is 19.8 Å². The first kappa shape index (κ1) is 15.9. The molecule has 2 heterocycles. The van der Waals surface area contributed by atoms with Crippen LogP contribution in [0.2, 0.25) is 0 Å². The number of ether oxygens (including phenoxy) is 1. The van der Waals surface area contributed by atoms with Crippen molar-refractivity contribution >= 4 is 17.4 Å². The Hall–Kier alpha value is -2.96. The number of hydrogen-bond acceptors (Lipinski definition) is 4. The van der Waals surface area contributed by atoms with Gasteiger partial charge in [0.05, 0.1) is 18.5 Å². The summed E-state index contributed by atoms with van der Waals surface area (Å²) in [6.45, 7) is 2.29. The predicted molar refractivity (Wildman–Crippen MR) is 88.3 cm³/mol. The first-order valence-corrected chi connectivity index (χ1v) is 7.72. The highest BCUT2D eigenvalue weighted by Gasteiger charge is 2.13. The molecule has 6 nitrogen and oxygen atoms in total. The third-order valence-corrected chi connectivity index (χ3v) is 3.42. The lowest BCUT2D eigenvalue weighted by Gasteiger charge is -2.07. The van der Waals surface area contributed by atoms with Gasteiger partial charge in [-0.1, -0.05) is 43.7 Å². The Morgan fingerprint density at radius 3 is 2.88 bits per heavy atom. The molecule has 0 spiro atoms. The lowest BCUT2D eigenvalue weighted by molar-refractivity contribution is 0.160. The Kier molecular flexibility index (Phi) is 4.69. The number of unbranched alkanes of at least 4 members (excludes halogenated alkanes) is 1. The second-order valence-corrected chi connectivity index (χ2v) is 5.25. The van der Waals surface area contributed by atoms with Crippen LogP contribution in [0.3, 0.4) is 0 Å². The van der Waals surface area contributed by atoms with Crippen LogP contribution in [0.4, 0.5) is 14.9 Å². The molecule has 0 aliphatic rings. The molecule has 0 atom stereocenters. The smallest absolute Gasteiger partial charge is 0.411 e. The summed E-state index contributed by atoms with van der Waals surface area (Å²) in [6, 6.07) is 10.8. The monoisotopic (exact) mass is 328 g/mol. The Morgan fingerprint density at radius 1 is 1.33 bits per heavy atom. The summed E-state index contributed by atoms with van der Waals surface area (Å²) in [6.07, 6.45) is 2.17. The maximum atomic E-state index is 14.1. The number of pyridine rings is 1. The van der Waals surface area contributed by atoms with Crippen LogP contribution in [-0.2, 0) is 4.74 Å². The lowest BCUT2D eigenvalue weighted by atomic mass is 10.2. The number of aromatic nitrogens is 3. The Balaban J connectivity index is 1.83. The minimum absolute atomic E-state index is 0.0102. The van der Waals surface area contributed by atoms with Crippen molar-refractivity contribution in [3.8, 4) is 11.4 Å². The van der Waals surface area contributed by atoms with Crippen LogP contribution in [-0.4, -0.2) is 27.3 Å². The highest BCUT2D eigenvalue weighted by Crippen LogP contribution is 2.20. The molecule has 1 N–H and O–H groups in total. The molecule has 3 rings (SSSR count). The average Bonchev–Trinajstić information content (AvgIpc) is 2.99. The minimum atomic E-state index is -0.686. The van der Waals surface area contributed by atoms with E-state index in [1.54, 1.807) is 0 Å². The summed E-state index contributed by atoms with van der Waals surface area (Å²) in [7, 11) is 0. The van der Waals surface area contributed by atoms with E-state index in [2.05, 4.69) is 15.4 Å². The molecule has 0 fully saturated rings. The summed E-state index contributed by atoms with van der Waals surface area (Å²) in [5, 5.41) is 6.64. The fraction of sp³-hybridized carbons (Fsp3) is 0.235. The summed E-state index contributed by atoms with van der Waals surface area (Å²) in [5.74, 6) is -0.128. The van der Waals surface area contributed by atoms with Gasteiger partial charge in [0.1, 0.15) is 0 Å². The van der Waals surface area contributed by atoms with Gasteiger partial charge in [0.25, 0.3) is 0 Å². The fourth-order valence-electron chi connectivity index (χ4n) is 2.16. The quantitative estimate of drug-likeness (QED) is 0.722. The summed E-state index contributed by atoms with van der Waals surface area (Å²) >= 11 is 0. The van der Waals surface area contributed by atoms with Crippen LogP contribution >= 0.6 is 0 Å². The third-order valence-electron chi connectivity index (χ3n) is 3.42. The second kappa shape index (κ2) is 7.08. The molecule has 7 heteroatoms. The molecule has 0 saturated carbocycles. The van der Waals surface area contributed by atoms with Gasteiger partial charge in [-0.25, -0.2) is 18.7 Å². The van der Waals surface area contributed by atoms with Crippen LogP contribution in [0.25, 0.3) is 17.0 Å². The molecule has 1 amide bonds. The number of halogens is 1. The topological polar surface area (TPSA) is 68.5 Å². The average molecular weight is 328 g/mol. The van der Waals surface area contributed by atoms with Gasteiger partial charge in [-0.2, -0.15) is 0 Å². The van der Waals surface area contributed by atoms with Crippen molar-refractivity contribution in [2.75, 3.05) is 11.9 Å². The SMILES string of the molecule is CCCCOC(=O)Nc1cc2nc(-c3ccccc3)nn2cc1F. The fourth-order valence-corrected chi connectivity index (χ4v) is 2.16. The highest BCUT2D eigenvalue weighted by molar-refractivity contribution is 5.85. The highest BCUT2D eigenvalue weighted by atomic mass is 19.1. The van der Waals surface area contributed by atoms with Gasteiger partial charge in [-0.3, -0.25) is 5.32 Å².